The number of anilines is 1. The fourth-order valence-corrected chi connectivity index (χ4v) is 4.51. The molecule has 0 unspecified atom stereocenters. The lowest BCUT2D eigenvalue weighted by Gasteiger charge is -2.16. The summed E-state index contributed by atoms with van der Waals surface area (Å²) >= 11 is 0. The van der Waals surface area contributed by atoms with Crippen molar-refractivity contribution in [1.29, 1.82) is 0 Å². The van der Waals surface area contributed by atoms with Crippen molar-refractivity contribution in [3.8, 4) is 11.4 Å². The van der Waals surface area contributed by atoms with Crippen LogP contribution >= 0.6 is 0 Å². The quantitative estimate of drug-likeness (QED) is 0.187. The number of H-pyrrole nitrogens is 1. The Hall–Kier alpha value is -3.83. The highest BCUT2D eigenvalue weighted by atomic mass is 15.6. The van der Waals surface area contributed by atoms with Gasteiger partial charge in [-0.15, -0.1) is 10.2 Å². The number of nitrogens with one attached hydrogen (secondary N) is 2. The topological polar surface area (TPSA) is 126 Å². The normalized spacial score (nSPS) is 11.7. The summed E-state index contributed by atoms with van der Waals surface area (Å²) in [5.74, 6) is 2.13. The largest absolute Gasteiger partial charge is 0.369 e. The summed E-state index contributed by atoms with van der Waals surface area (Å²) in [6.07, 6.45) is 2.58. The van der Waals surface area contributed by atoms with Crippen LogP contribution in [0.5, 0.6) is 0 Å². The maximum absolute atomic E-state index is 6.00. The second kappa shape index (κ2) is 11.1. The van der Waals surface area contributed by atoms with E-state index in [-0.39, 0.29) is 0 Å². The number of rotatable bonds is 11. The van der Waals surface area contributed by atoms with E-state index in [2.05, 4.69) is 43.7 Å². The maximum atomic E-state index is 6.00. The predicted octanol–water partition coefficient (Wildman–Crippen LogP) is 1.77. The molecule has 0 atom stereocenters. The number of hydrogen-bond donors (Lipinski definition) is 3. The van der Waals surface area contributed by atoms with Gasteiger partial charge in [0.25, 0.3) is 0 Å². The fraction of sp³-hybridized carbons (Fsp3) is 0.346. The summed E-state index contributed by atoms with van der Waals surface area (Å²) in [6.45, 7) is 3.50. The summed E-state index contributed by atoms with van der Waals surface area (Å²) in [6, 6.07) is 13.9. The van der Waals surface area contributed by atoms with Crippen molar-refractivity contribution >= 4 is 41.1 Å². The van der Waals surface area contributed by atoms with E-state index in [1.807, 2.05) is 36.4 Å². The minimum Gasteiger partial charge on any atom is -0.369 e. The maximum Gasteiger partial charge on any atom is 0.204 e. The van der Waals surface area contributed by atoms with Gasteiger partial charge in [0, 0.05) is 29.4 Å². The minimum atomic E-state index is 0.577. The number of hydrogen-bond acceptors (Lipinski definition) is 8. The van der Waals surface area contributed by atoms with Crippen LogP contribution in [0.4, 0.5) is 5.82 Å². The summed E-state index contributed by atoms with van der Waals surface area (Å²) < 4.78 is 0. The molecule has 3 heterocycles. The minimum absolute atomic E-state index is 0.577. The van der Waals surface area contributed by atoms with Crippen molar-refractivity contribution in [2.45, 2.75) is 19.3 Å². The average Bonchev–Trinajstić information content (AvgIpc) is 3.48. The van der Waals surface area contributed by atoms with E-state index in [1.165, 1.54) is 4.80 Å². The van der Waals surface area contributed by atoms with Crippen molar-refractivity contribution in [2.24, 2.45) is 12.8 Å². The van der Waals surface area contributed by atoms with Gasteiger partial charge in [0.05, 0.1) is 12.4 Å². The molecule has 5 aromatic rings. The number of nitrogens with two attached hydrogens (primary N) is 1. The molecule has 5 rings (SSSR count). The van der Waals surface area contributed by atoms with Crippen molar-refractivity contribution in [3.05, 3.63) is 53.9 Å². The first-order valence-corrected chi connectivity index (χ1v) is 12.5. The SMILES string of the molecule is [B]c1cccc(Cc2nc(NCCCN(C)CCCN)c3c(n2)[nH]c2cc(-c4nnn(C)n4)ccc23)c1. The van der Waals surface area contributed by atoms with E-state index in [1.54, 1.807) is 7.05 Å². The van der Waals surface area contributed by atoms with E-state index in [4.69, 9.17) is 23.5 Å². The van der Waals surface area contributed by atoms with Gasteiger partial charge in [-0.1, -0.05) is 41.9 Å². The summed E-state index contributed by atoms with van der Waals surface area (Å²) in [4.78, 5) is 17.1. The first kappa shape index (κ1) is 24.9. The Labute approximate surface area is 217 Å². The Morgan fingerprint density at radius 3 is 2.76 bits per heavy atom. The molecular weight excluding hydrogens is 463 g/mol. The first-order valence-electron chi connectivity index (χ1n) is 12.5. The molecule has 3 aromatic heterocycles. The van der Waals surface area contributed by atoms with Gasteiger partial charge in [-0.05, 0) is 56.4 Å². The Morgan fingerprint density at radius 1 is 1.11 bits per heavy atom. The van der Waals surface area contributed by atoms with Crippen molar-refractivity contribution in [1.82, 2.24) is 40.1 Å². The van der Waals surface area contributed by atoms with E-state index < -0.39 is 0 Å². The molecule has 0 bridgehead atoms. The molecule has 37 heavy (non-hydrogen) atoms. The molecule has 0 spiro atoms. The Morgan fingerprint density at radius 2 is 1.97 bits per heavy atom. The molecule has 2 radical (unpaired) electrons. The molecule has 0 saturated heterocycles. The number of tetrazole rings is 1. The first-order chi connectivity index (χ1) is 18.0. The predicted molar refractivity (Wildman–Crippen MR) is 148 cm³/mol. The van der Waals surface area contributed by atoms with E-state index in [0.29, 0.717) is 18.8 Å². The fourth-order valence-electron chi connectivity index (χ4n) is 4.51. The van der Waals surface area contributed by atoms with Crippen LogP contribution in [0.2, 0.25) is 0 Å². The van der Waals surface area contributed by atoms with Gasteiger partial charge in [-0.25, -0.2) is 9.97 Å². The van der Waals surface area contributed by atoms with Gasteiger partial charge < -0.3 is 20.9 Å². The third-order valence-corrected chi connectivity index (χ3v) is 6.33. The highest BCUT2D eigenvalue weighted by Crippen LogP contribution is 2.32. The van der Waals surface area contributed by atoms with Crippen LogP contribution < -0.4 is 16.5 Å². The molecule has 4 N–H and O–H groups in total. The van der Waals surface area contributed by atoms with Gasteiger partial charge in [0.2, 0.25) is 5.82 Å². The Kier molecular flexibility index (Phi) is 7.43. The molecule has 188 valence electrons. The van der Waals surface area contributed by atoms with Crippen LogP contribution in [-0.2, 0) is 13.5 Å². The van der Waals surface area contributed by atoms with Gasteiger partial charge in [0.1, 0.15) is 25.1 Å². The van der Waals surface area contributed by atoms with E-state index in [9.17, 15) is 0 Å². The van der Waals surface area contributed by atoms with Crippen LogP contribution in [0.15, 0.2) is 42.5 Å². The molecule has 0 saturated carbocycles. The molecule has 10 nitrogen and oxygen atoms in total. The zero-order valence-electron chi connectivity index (χ0n) is 21.3. The second-order valence-electron chi connectivity index (χ2n) is 9.35. The number of aromatic nitrogens is 7. The molecule has 11 heteroatoms. The number of nitrogens with zero attached hydrogens (tertiary/aromatic N) is 7. The monoisotopic (exact) mass is 494 g/mol. The Bertz CT molecular complexity index is 1510. The molecule has 0 aliphatic heterocycles. The zero-order valence-corrected chi connectivity index (χ0v) is 21.3. The zero-order chi connectivity index (χ0) is 25.8. The number of benzene rings is 2. The van der Waals surface area contributed by atoms with Crippen LogP contribution in [0.25, 0.3) is 33.3 Å². The lowest BCUT2D eigenvalue weighted by Crippen LogP contribution is -2.24. The summed E-state index contributed by atoms with van der Waals surface area (Å²) in [7, 11) is 9.88. The van der Waals surface area contributed by atoms with Crippen LogP contribution in [0.1, 0.15) is 24.2 Å². The van der Waals surface area contributed by atoms with Gasteiger partial charge >= 0.3 is 0 Å². The Balaban J connectivity index is 1.47. The number of aromatic amines is 1. The van der Waals surface area contributed by atoms with E-state index in [0.717, 1.165) is 82.6 Å². The lowest BCUT2D eigenvalue weighted by atomic mass is 9.94. The lowest BCUT2D eigenvalue weighted by molar-refractivity contribution is 0.330. The third kappa shape index (κ3) is 5.78. The number of fused-ring (bicyclic) bond motifs is 3. The van der Waals surface area contributed by atoms with E-state index >= 15 is 0 Å². The standard InChI is InChI=1S/C26H31BN10/c1-36(12-4-10-28)13-5-11-29-25-23-20-9-8-18(24-33-35-37(2)34-24)16-21(20)30-26(23)32-22(31-25)15-17-6-3-7-19(27)14-17/h3,6-9,14,16H,4-5,10-13,15,28H2,1-2H3,(H2,29,30,31,32). The average molecular weight is 494 g/mol. The van der Waals surface area contributed by atoms with Crippen LogP contribution in [0, 0.1) is 0 Å². The van der Waals surface area contributed by atoms with Gasteiger partial charge in [-0.2, -0.15) is 4.80 Å². The van der Waals surface area contributed by atoms with Crippen LogP contribution in [-0.4, -0.2) is 81.1 Å². The molecule has 0 aliphatic rings. The summed E-state index contributed by atoms with van der Waals surface area (Å²) in [5, 5.41) is 18.0. The van der Waals surface area contributed by atoms with Gasteiger partial charge in [0.15, 0.2) is 0 Å². The van der Waals surface area contributed by atoms with Crippen molar-refractivity contribution < 1.29 is 0 Å². The van der Waals surface area contributed by atoms with Crippen molar-refractivity contribution in [3.63, 3.8) is 0 Å². The summed E-state index contributed by atoms with van der Waals surface area (Å²) in [5.41, 5.74) is 10.1. The third-order valence-electron chi connectivity index (χ3n) is 6.33. The van der Waals surface area contributed by atoms with Crippen LogP contribution in [0.3, 0.4) is 0 Å². The second-order valence-corrected chi connectivity index (χ2v) is 9.35. The molecule has 0 amide bonds. The van der Waals surface area contributed by atoms with Gasteiger partial charge in [-0.3, -0.25) is 0 Å². The molecule has 0 fully saturated rings. The van der Waals surface area contributed by atoms with Crippen molar-refractivity contribution in [2.75, 3.05) is 38.5 Å². The highest BCUT2D eigenvalue weighted by molar-refractivity contribution is 6.32. The molecular formula is C26H31BN10. The smallest absolute Gasteiger partial charge is 0.204 e. The molecule has 0 aliphatic carbocycles. The number of aryl methyl sites for hydroxylation is 1. The molecule has 2 aromatic carbocycles. The highest BCUT2D eigenvalue weighted by Gasteiger charge is 2.16.